The fourth-order valence-corrected chi connectivity index (χ4v) is 2.02. The van der Waals surface area contributed by atoms with E-state index in [1.165, 1.54) is 6.07 Å². The molecule has 0 amide bonds. The molecule has 2 aliphatic rings. The van der Waals surface area contributed by atoms with Gasteiger partial charge in [-0.15, -0.1) is 0 Å². The standard InChI is InChI=1S/C13H6ClNO4/c14-6-1-4-10-8(5-6)15-7-2-3-9(16)11(13(17)18)12(7)19-10/h1-5H,(H,17,18). The number of hydrogen-bond acceptors (Lipinski definition) is 4. The monoisotopic (exact) mass is 275 g/mol. The number of carbonyl (C=O) groups is 1. The van der Waals surface area contributed by atoms with Crippen LogP contribution in [-0.4, -0.2) is 16.1 Å². The van der Waals surface area contributed by atoms with Crippen LogP contribution in [0.2, 0.25) is 5.02 Å². The molecule has 0 saturated heterocycles. The topological polar surface area (TPSA) is 80.4 Å². The quantitative estimate of drug-likeness (QED) is 0.691. The van der Waals surface area contributed by atoms with Gasteiger partial charge in [-0.3, -0.25) is 4.79 Å². The van der Waals surface area contributed by atoms with Crippen LogP contribution in [0.3, 0.4) is 0 Å². The van der Waals surface area contributed by atoms with Crippen LogP contribution < -0.4 is 5.43 Å². The summed E-state index contributed by atoms with van der Waals surface area (Å²) in [5.41, 5.74) is 0.132. The molecule has 0 radical (unpaired) electrons. The smallest absolute Gasteiger partial charge is 0.343 e. The highest BCUT2D eigenvalue weighted by molar-refractivity contribution is 6.31. The second-order valence-electron chi connectivity index (χ2n) is 3.92. The van der Waals surface area contributed by atoms with Crippen molar-refractivity contribution in [3.63, 3.8) is 0 Å². The van der Waals surface area contributed by atoms with E-state index in [0.717, 1.165) is 6.07 Å². The minimum atomic E-state index is -1.34. The number of halogens is 1. The van der Waals surface area contributed by atoms with Crippen molar-refractivity contribution in [1.29, 1.82) is 0 Å². The Hall–Kier alpha value is -2.40. The predicted molar refractivity (Wildman–Crippen MR) is 68.9 cm³/mol. The fourth-order valence-electron chi connectivity index (χ4n) is 1.85. The molecule has 6 heteroatoms. The molecule has 1 heterocycles. The third kappa shape index (κ3) is 1.84. The zero-order valence-electron chi connectivity index (χ0n) is 9.38. The van der Waals surface area contributed by atoms with Crippen molar-refractivity contribution in [3.8, 4) is 11.5 Å². The van der Waals surface area contributed by atoms with Gasteiger partial charge in [-0.25, -0.2) is 9.78 Å². The lowest BCUT2D eigenvalue weighted by molar-refractivity contribution is 0.0694. The van der Waals surface area contributed by atoms with Crippen LogP contribution in [0.4, 0.5) is 0 Å². The summed E-state index contributed by atoms with van der Waals surface area (Å²) in [6.45, 7) is 0. The average Bonchev–Trinajstić information content (AvgIpc) is 2.36. The van der Waals surface area contributed by atoms with Gasteiger partial charge in [0.05, 0.1) is 0 Å². The second kappa shape index (κ2) is 4.07. The van der Waals surface area contributed by atoms with E-state index in [1.54, 1.807) is 18.2 Å². The highest BCUT2D eigenvalue weighted by Crippen LogP contribution is 2.27. The summed E-state index contributed by atoms with van der Waals surface area (Å²) >= 11 is 5.85. The molecule has 3 rings (SSSR count). The molecule has 0 atom stereocenters. The van der Waals surface area contributed by atoms with E-state index in [2.05, 4.69) is 4.98 Å². The summed E-state index contributed by atoms with van der Waals surface area (Å²) in [5, 5.41) is 9.56. The molecule has 1 N–H and O–H groups in total. The Kier molecular flexibility index (Phi) is 2.50. The first-order valence-electron chi connectivity index (χ1n) is 5.33. The minimum absolute atomic E-state index is 0.0326. The first-order chi connectivity index (χ1) is 9.06. The molecule has 19 heavy (non-hydrogen) atoms. The fraction of sp³-hybridized carbons (Fsp3) is 0. The Morgan fingerprint density at radius 2 is 2.05 bits per heavy atom. The SMILES string of the molecule is O=C(O)c1c2oc3ccc(Cl)cc3nc-2ccc1=O. The van der Waals surface area contributed by atoms with Crippen molar-refractivity contribution >= 4 is 28.7 Å². The molecule has 0 aromatic heterocycles. The lowest BCUT2D eigenvalue weighted by Gasteiger charge is -2.08. The van der Waals surface area contributed by atoms with Crippen molar-refractivity contribution in [3.05, 3.63) is 51.1 Å². The number of hydrogen-bond donors (Lipinski definition) is 1. The van der Waals surface area contributed by atoms with E-state index in [0.29, 0.717) is 21.8 Å². The van der Waals surface area contributed by atoms with Crippen LogP contribution in [0.5, 0.6) is 0 Å². The van der Waals surface area contributed by atoms with E-state index in [-0.39, 0.29) is 5.76 Å². The van der Waals surface area contributed by atoms with Crippen LogP contribution in [0.25, 0.3) is 22.6 Å². The molecule has 0 bridgehead atoms. The molecule has 0 spiro atoms. The van der Waals surface area contributed by atoms with Gasteiger partial charge in [-0.05, 0) is 30.3 Å². The Morgan fingerprint density at radius 3 is 2.79 bits per heavy atom. The maximum Gasteiger partial charge on any atom is 0.343 e. The Balaban J connectivity index is 2.48. The summed E-state index contributed by atoms with van der Waals surface area (Å²) in [4.78, 5) is 26.9. The molecule has 0 unspecified atom stereocenters. The highest BCUT2D eigenvalue weighted by atomic mass is 35.5. The van der Waals surface area contributed by atoms with E-state index in [4.69, 9.17) is 21.1 Å². The number of fused-ring (bicyclic) bond motifs is 2. The summed E-state index contributed by atoms with van der Waals surface area (Å²) in [6.07, 6.45) is 0. The Bertz CT molecular complexity index is 840. The van der Waals surface area contributed by atoms with Crippen LogP contribution in [0.1, 0.15) is 10.4 Å². The van der Waals surface area contributed by atoms with E-state index >= 15 is 0 Å². The van der Waals surface area contributed by atoms with Crippen molar-refractivity contribution in [2.75, 3.05) is 0 Å². The zero-order chi connectivity index (χ0) is 13.6. The van der Waals surface area contributed by atoms with Gasteiger partial charge in [0.1, 0.15) is 11.2 Å². The van der Waals surface area contributed by atoms with Gasteiger partial charge in [0, 0.05) is 5.02 Å². The van der Waals surface area contributed by atoms with Gasteiger partial charge in [0.2, 0.25) is 0 Å². The minimum Gasteiger partial charge on any atom is -0.477 e. The van der Waals surface area contributed by atoms with Crippen molar-refractivity contribution < 1.29 is 14.3 Å². The predicted octanol–water partition coefficient (Wildman–Crippen LogP) is 2.64. The lowest BCUT2D eigenvalue weighted by atomic mass is 10.1. The van der Waals surface area contributed by atoms with E-state index in [1.807, 2.05) is 0 Å². The average molecular weight is 276 g/mol. The second-order valence-corrected chi connectivity index (χ2v) is 4.35. The zero-order valence-corrected chi connectivity index (χ0v) is 10.1. The van der Waals surface area contributed by atoms with Crippen LogP contribution >= 0.6 is 11.6 Å². The Labute approximate surface area is 111 Å². The van der Waals surface area contributed by atoms with Crippen LogP contribution in [-0.2, 0) is 0 Å². The number of aromatic carboxylic acids is 1. The molecular formula is C13H6ClNO4. The number of benzene rings is 2. The third-order valence-corrected chi connectivity index (χ3v) is 2.92. The summed E-state index contributed by atoms with van der Waals surface area (Å²) < 4.78 is 5.47. The maximum absolute atomic E-state index is 11.6. The summed E-state index contributed by atoms with van der Waals surface area (Å²) in [6, 6.07) is 7.36. The number of rotatable bonds is 1. The van der Waals surface area contributed by atoms with E-state index < -0.39 is 17.0 Å². The summed E-state index contributed by atoms with van der Waals surface area (Å²) in [5.74, 6) is -1.37. The molecule has 0 fully saturated rings. The van der Waals surface area contributed by atoms with Gasteiger partial charge in [0.25, 0.3) is 0 Å². The number of nitrogens with zero attached hydrogens (tertiary/aromatic N) is 1. The van der Waals surface area contributed by atoms with Crippen molar-refractivity contribution in [2.24, 2.45) is 0 Å². The molecular weight excluding hydrogens is 270 g/mol. The maximum atomic E-state index is 11.6. The highest BCUT2D eigenvalue weighted by Gasteiger charge is 2.21. The summed E-state index contributed by atoms with van der Waals surface area (Å²) in [7, 11) is 0. The van der Waals surface area contributed by atoms with Crippen molar-refractivity contribution in [1.82, 2.24) is 4.98 Å². The normalized spacial score (nSPS) is 11.0. The number of carboxylic acids is 1. The van der Waals surface area contributed by atoms with Crippen LogP contribution in [0.15, 0.2) is 39.5 Å². The van der Waals surface area contributed by atoms with Gasteiger partial charge in [-0.2, -0.15) is 0 Å². The van der Waals surface area contributed by atoms with Crippen molar-refractivity contribution in [2.45, 2.75) is 0 Å². The van der Waals surface area contributed by atoms with Gasteiger partial charge in [-0.1, -0.05) is 11.6 Å². The van der Waals surface area contributed by atoms with Gasteiger partial charge in [0.15, 0.2) is 22.3 Å². The largest absolute Gasteiger partial charge is 0.477 e. The molecule has 1 aromatic rings. The van der Waals surface area contributed by atoms with Gasteiger partial charge < -0.3 is 9.52 Å². The number of aromatic nitrogens is 1. The molecule has 1 aliphatic carbocycles. The third-order valence-electron chi connectivity index (χ3n) is 2.69. The molecule has 0 saturated carbocycles. The Morgan fingerprint density at radius 1 is 1.26 bits per heavy atom. The molecule has 5 nitrogen and oxygen atoms in total. The lowest BCUT2D eigenvalue weighted by Crippen LogP contribution is -2.16. The first-order valence-corrected chi connectivity index (χ1v) is 5.70. The van der Waals surface area contributed by atoms with Crippen LogP contribution in [0, 0.1) is 0 Å². The molecule has 1 aromatic carbocycles. The number of carboxylic acid groups (broad SMARTS) is 1. The first kappa shape index (κ1) is 11.7. The van der Waals surface area contributed by atoms with Gasteiger partial charge >= 0.3 is 5.97 Å². The van der Waals surface area contributed by atoms with E-state index in [9.17, 15) is 9.59 Å². The molecule has 94 valence electrons. The molecule has 1 aliphatic heterocycles.